The van der Waals surface area contributed by atoms with E-state index in [1.807, 2.05) is 0 Å². The van der Waals surface area contributed by atoms with Crippen LogP contribution >= 0.6 is 24.0 Å². The highest BCUT2D eigenvalue weighted by molar-refractivity contribution is 14.0. The Morgan fingerprint density at radius 1 is 1.10 bits per heavy atom. The van der Waals surface area contributed by atoms with Crippen molar-refractivity contribution in [3.8, 4) is 0 Å². The summed E-state index contributed by atoms with van der Waals surface area (Å²) in [6, 6.07) is 0. The molecular weight excluding hydrogens is 369 g/mol. The summed E-state index contributed by atoms with van der Waals surface area (Å²) in [6.45, 7) is 4.90. The van der Waals surface area contributed by atoms with Gasteiger partial charge in [-0.25, -0.2) is 0 Å². The highest BCUT2D eigenvalue weighted by Gasteiger charge is 1.93. The summed E-state index contributed by atoms with van der Waals surface area (Å²) < 4.78 is 5.13. The van der Waals surface area contributed by atoms with E-state index >= 15 is 0 Å². The first-order chi connectivity index (χ1) is 9.31. The Morgan fingerprint density at radius 2 is 1.80 bits per heavy atom. The van der Waals surface area contributed by atoms with Crippen LogP contribution < -0.4 is 11.1 Å². The minimum Gasteiger partial charge on any atom is -0.394 e. The lowest BCUT2D eigenvalue weighted by molar-refractivity contribution is 0.0918. The first-order valence-electron chi connectivity index (χ1n) is 7.53. The maximum absolute atomic E-state index is 8.52. The number of unbranched alkanes of at least 4 members (excludes halogenated alkanes) is 5. The van der Waals surface area contributed by atoms with E-state index in [0.717, 1.165) is 19.4 Å². The number of aliphatic imine (C=N–C) groups is 1. The van der Waals surface area contributed by atoms with Crippen LogP contribution in [0.5, 0.6) is 0 Å². The highest BCUT2D eigenvalue weighted by atomic mass is 127. The van der Waals surface area contributed by atoms with Gasteiger partial charge >= 0.3 is 0 Å². The third-order valence-corrected chi connectivity index (χ3v) is 2.80. The fraction of sp³-hybridized carbons (Fsp3) is 0.929. The third-order valence-electron chi connectivity index (χ3n) is 2.80. The Balaban J connectivity index is 0. The molecule has 122 valence electrons. The Morgan fingerprint density at radius 3 is 2.50 bits per heavy atom. The summed E-state index contributed by atoms with van der Waals surface area (Å²) in [7, 11) is 0. The molecule has 0 saturated heterocycles. The molecule has 20 heavy (non-hydrogen) atoms. The number of aliphatic hydroxyl groups excluding tert-OH is 1. The summed E-state index contributed by atoms with van der Waals surface area (Å²) >= 11 is 0. The van der Waals surface area contributed by atoms with Crippen LogP contribution in [0.25, 0.3) is 0 Å². The fourth-order valence-corrected chi connectivity index (χ4v) is 1.71. The Hall–Kier alpha value is -0.0800. The number of nitrogens with two attached hydrogens (primary N) is 1. The summed E-state index contributed by atoms with van der Waals surface area (Å²) in [4.78, 5) is 4.21. The molecule has 6 heteroatoms. The molecule has 0 aromatic rings. The molecule has 0 radical (unpaired) electrons. The smallest absolute Gasteiger partial charge is 0.188 e. The van der Waals surface area contributed by atoms with Crippen LogP contribution in [0.2, 0.25) is 0 Å². The Bertz CT molecular complexity index is 217. The van der Waals surface area contributed by atoms with Gasteiger partial charge in [0.15, 0.2) is 5.96 Å². The van der Waals surface area contributed by atoms with Crippen molar-refractivity contribution < 1.29 is 9.84 Å². The van der Waals surface area contributed by atoms with Gasteiger partial charge in [-0.3, -0.25) is 4.99 Å². The average molecular weight is 401 g/mol. The SMILES string of the molecule is CCCCCCCCNC(N)=NCCCOCCO.I. The zero-order valence-electron chi connectivity index (χ0n) is 12.8. The molecule has 0 amide bonds. The van der Waals surface area contributed by atoms with Gasteiger partial charge in [0.05, 0.1) is 13.2 Å². The summed E-state index contributed by atoms with van der Waals surface area (Å²) in [5.41, 5.74) is 5.74. The molecule has 0 aliphatic carbocycles. The molecule has 0 spiro atoms. The van der Waals surface area contributed by atoms with E-state index in [2.05, 4.69) is 17.2 Å². The van der Waals surface area contributed by atoms with Crippen molar-refractivity contribution in [1.29, 1.82) is 0 Å². The monoisotopic (exact) mass is 401 g/mol. The van der Waals surface area contributed by atoms with Crippen molar-refractivity contribution in [3.05, 3.63) is 0 Å². The summed E-state index contributed by atoms with van der Waals surface area (Å²) in [5, 5.41) is 11.6. The Labute approximate surface area is 140 Å². The van der Waals surface area contributed by atoms with E-state index in [4.69, 9.17) is 15.6 Å². The van der Waals surface area contributed by atoms with Crippen molar-refractivity contribution in [2.24, 2.45) is 10.7 Å². The molecule has 0 rings (SSSR count). The van der Waals surface area contributed by atoms with Crippen LogP contribution in [-0.2, 0) is 4.74 Å². The van der Waals surface area contributed by atoms with E-state index in [0.29, 0.717) is 25.7 Å². The maximum atomic E-state index is 8.52. The van der Waals surface area contributed by atoms with E-state index in [-0.39, 0.29) is 30.6 Å². The molecule has 0 heterocycles. The largest absolute Gasteiger partial charge is 0.394 e. The van der Waals surface area contributed by atoms with E-state index in [9.17, 15) is 0 Å². The quantitative estimate of drug-likeness (QED) is 0.192. The lowest BCUT2D eigenvalue weighted by atomic mass is 10.1. The van der Waals surface area contributed by atoms with Gasteiger partial charge in [-0.1, -0.05) is 39.0 Å². The van der Waals surface area contributed by atoms with Crippen LogP contribution in [0.1, 0.15) is 51.9 Å². The first-order valence-corrected chi connectivity index (χ1v) is 7.53. The highest BCUT2D eigenvalue weighted by Crippen LogP contribution is 2.03. The van der Waals surface area contributed by atoms with Crippen LogP contribution in [0.4, 0.5) is 0 Å². The minimum atomic E-state index is 0. The molecule has 0 unspecified atom stereocenters. The number of nitrogens with zero attached hydrogens (tertiary/aromatic N) is 1. The van der Waals surface area contributed by atoms with Crippen molar-refractivity contribution >= 4 is 29.9 Å². The van der Waals surface area contributed by atoms with Crippen LogP contribution in [-0.4, -0.2) is 44.0 Å². The zero-order valence-corrected chi connectivity index (χ0v) is 15.1. The van der Waals surface area contributed by atoms with Gasteiger partial charge in [0, 0.05) is 19.7 Å². The fourth-order valence-electron chi connectivity index (χ4n) is 1.71. The second kappa shape index (κ2) is 18.9. The van der Waals surface area contributed by atoms with Gasteiger partial charge in [-0.2, -0.15) is 0 Å². The summed E-state index contributed by atoms with van der Waals surface area (Å²) in [6.07, 6.45) is 8.53. The predicted molar refractivity (Wildman–Crippen MR) is 95.8 cm³/mol. The standard InChI is InChI=1S/C14H31N3O2.HI/c1-2-3-4-5-6-7-9-16-14(15)17-10-8-12-19-13-11-18;/h18H,2-13H2,1H3,(H3,15,16,17);1H. The van der Waals surface area contributed by atoms with E-state index in [1.54, 1.807) is 0 Å². The van der Waals surface area contributed by atoms with Crippen molar-refractivity contribution in [2.75, 3.05) is 32.9 Å². The molecule has 0 saturated carbocycles. The third kappa shape index (κ3) is 17.9. The lowest BCUT2D eigenvalue weighted by Gasteiger charge is -2.05. The number of rotatable bonds is 13. The van der Waals surface area contributed by atoms with Crippen molar-refractivity contribution in [1.82, 2.24) is 5.32 Å². The maximum Gasteiger partial charge on any atom is 0.188 e. The molecule has 4 N–H and O–H groups in total. The molecule has 0 aromatic heterocycles. The van der Waals surface area contributed by atoms with Crippen LogP contribution in [0.15, 0.2) is 4.99 Å². The lowest BCUT2D eigenvalue weighted by Crippen LogP contribution is -2.32. The van der Waals surface area contributed by atoms with Gasteiger partial charge in [-0.05, 0) is 12.8 Å². The zero-order chi connectivity index (χ0) is 14.2. The normalized spacial score (nSPS) is 11.2. The number of ether oxygens (including phenoxy) is 1. The molecule has 0 fully saturated rings. The Kier molecular flexibility index (Phi) is 21.0. The van der Waals surface area contributed by atoms with Gasteiger partial charge < -0.3 is 20.9 Å². The van der Waals surface area contributed by atoms with E-state index in [1.165, 1.54) is 32.1 Å². The first kappa shape index (κ1) is 22.2. The number of guanidine groups is 1. The van der Waals surface area contributed by atoms with Gasteiger partial charge in [0.1, 0.15) is 0 Å². The molecular formula is C14H32IN3O2. The second-order valence-electron chi connectivity index (χ2n) is 4.65. The number of aliphatic hydroxyl groups is 1. The van der Waals surface area contributed by atoms with Gasteiger partial charge in [0.25, 0.3) is 0 Å². The minimum absolute atomic E-state index is 0. The number of hydrogen-bond acceptors (Lipinski definition) is 3. The number of hydrogen-bond donors (Lipinski definition) is 3. The van der Waals surface area contributed by atoms with Gasteiger partial charge in [0.2, 0.25) is 0 Å². The summed E-state index contributed by atoms with van der Waals surface area (Å²) in [5.74, 6) is 0.524. The second-order valence-corrected chi connectivity index (χ2v) is 4.65. The van der Waals surface area contributed by atoms with Crippen molar-refractivity contribution in [3.63, 3.8) is 0 Å². The van der Waals surface area contributed by atoms with Crippen molar-refractivity contribution in [2.45, 2.75) is 51.9 Å². The van der Waals surface area contributed by atoms with Crippen LogP contribution in [0.3, 0.4) is 0 Å². The van der Waals surface area contributed by atoms with E-state index < -0.39 is 0 Å². The molecule has 0 aromatic carbocycles. The number of nitrogens with one attached hydrogen (secondary N) is 1. The predicted octanol–water partition coefficient (Wildman–Crippen LogP) is 2.27. The van der Waals surface area contributed by atoms with Gasteiger partial charge in [-0.15, -0.1) is 24.0 Å². The molecule has 0 aliphatic rings. The molecule has 5 nitrogen and oxygen atoms in total. The molecule has 0 bridgehead atoms. The number of halogens is 1. The topological polar surface area (TPSA) is 79.9 Å². The molecule has 0 atom stereocenters. The average Bonchev–Trinajstić information content (AvgIpc) is 2.41. The molecule has 0 aliphatic heterocycles. The van der Waals surface area contributed by atoms with Crippen LogP contribution in [0, 0.1) is 0 Å².